The van der Waals surface area contributed by atoms with Gasteiger partial charge in [0, 0.05) is 45.0 Å². The Morgan fingerprint density at radius 3 is 1.47 bits per heavy atom. The smallest absolute Gasteiger partial charge is 0.450 e. The summed E-state index contributed by atoms with van der Waals surface area (Å²) in [4.78, 5) is 90.2. The lowest BCUT2D eigenvalue weighted by Crippen LogP contribution is -2.65. The van der Waals surface area contributed by atoms with E-state index in [2.05, 4.69) is 18.6 Å². The van der Waals surface area contributed by atoms with Gasteiger partial charge in [-0.15, -0.1) is 0 Å². The lowest BCUT2D eigenvalue weighted by atomic mass is 9.45. The quantitative estimate of drug-likeness (QED) is 0.125. The number of carbonyl (C=O) groups excluding carboxylic acids is 4. The van der Waals surface area contributed by atoms with Crippen LogP contribution in [-0.4, -0.2) is 119 Å². The Morgan fingerprint density at radius 1 is 0.661 bits per heavy atom. The number of aliphatic hydroxyl groups excluding tert-OH is 3. The fourth-order valence-corrected chi connectivity index (χ4v) is 18.1. The molecule has 8 unspecified atom stereocenters. The highest BCUT2D eigenvalue weighted by Crippen LogP contribution is 2.72. The zero-order valence-corrected chi connectivity index (χ0v) is 36.3. The van der Waals surface area contributed by atoms with Crippen LogP contribution in [0, 0.1) is 57.2 Å². The largest absolute Gasteiger partial charge is 0.506 e. The van der Waals surface area contributed by atoms with Crippen LogP contribution in [0.4, 0.5) is 14.4 Å². The molecule has 62 heavy (non-hydrogen) atoms. The first-order valence-corrected chi connectivity index (χ1v) is 22.8. The second-order valence-electron chi connectivity index (χ2n) is 20.4. The molecule has 8 rings (SSSR count). The van der Waals surface area contributed by atoms with Crippen LogP contribution in [0.15, 0.2) is 23.3 Å². The summed E-state index contributed by atoms with van der Waals surface area (Å²) < 4.78 is 15.5. The van der Waals surface area contributed by atoms with E-state index in [1.165, 1.54) is 0 Å². The van der Waals surface area contributed by atoms with Crippen LogP contribution >= 0.6 is 11.8 Å². The van der Waals surface area contributed by atoms with E-state index in [1.807, 2.05) is 0 Å². The highest BCUT2D eigenvalue weighted by atomic mass is 32.2. The Bertz CT molecular complexity index is 2050. The highest BCUT2D eigenvalue weighted by Gasteiger charge is 2.74. The predicted octanol–water partition coefficient (Wildman–Crippen LogP) is 5.37. The molecule has 0 bridgehead atoms. The number of ether oxygens (including phenoxy) is 3. The molecule has 0 aromatic carbocycles. The van der Waals surface area contributed by atoms with Crippen LogP contribution in [0.1, 0.15) is 105 Å². The molecule has 0 aromatic rings. The van der Waals surface area contributed by atoms with Gasteiger partial charge in [-0.2, -0.15) is 11.8 Å². The number of hydrogen-bond acceptors (Lipinski definition) is 14. The minimum absolute atomic E-state index is 0.0193. The molecule has 16 nitrogen and oxygen atoms in total. The van der Waals surface area contributed by atoms with Gasteiger partial charge >= 0.3 is 18.5 Å². The molecule has 0 heterocycles. The van der Waals surface area contributed by atoms with E-state index in [1.54, 1.807) is 37.8 Å². The van der Waals surface area contributed by atoms with E-state index in [0.29, 0.717) is 38.5 Å². The summed E-state index contributed by atoms with van der Waals surface area (Å²) in [6.45, 7) is 5.86. The van der Waals surface area contributed by atoms with Crippen LogP contribution in [0.2, 0.25) is 0 Å². The number of rotatable bonds is 9. The SMILES string of the molecule is C[C@@]12C(=CC(=O)CC1SC1CC(=O)C=C3CCC4C([C@@H](O)C[C@@]5(C)C4CC[C@]5(OC(=O)O)C(=O)COC(=O)O)[C@]31C)CCC1C2[C@@H](O)C[C@@]2(C)C1CC[C@]2(OC(=O)O)C(=O)CO. The van der Waals surface area contributed by atoms with Gasteiger partial charge in [-0.3, -0.25) is 19.2 Å². The third kappa shape index (κ3) is 6.13. The van der Waals surface area contributed by atoms with Crippen LogP contribution in [0.5, 0.6) is 0 Å². The standard InChI is InChI=1S/C45H58O16S/c1-40-17-29(49)35-25(27(40)9-11-44(40,31(51)19-46)60-38(55)56)7-5-21-13-23(47)15-33(42(21,35)3)62-34-16-24(48)14-22-6-8-26-28-10-12-45(61-39(57)58,32(52)20-59-37(53)54)41(28,2)18-30(50)36(26)43(22,34)4/h13-14,25-30,33-36,46,49-50H,5-12,15-20H2,1-4H3,(H,53,54)(H,55,56)(H,57,58)/t25?,26?,27?,28?,29-,30-,33?,34?,35?,36?,40-,41-,42+,43+,44-,45-/m0/s1. The normalized spacial score (nSPS) is 46.6. The van der Waals surface area contributed by atoms with E-state index in [4.69, 9.17) is 14.6 Å². The number of carboxylic acid groups (broad SMARTS) is 3. The summed E-state index contributed by atoms with van der Waals surface area (Å²) in [5.74, 6) is -3.55. The molecular weight excluding hydrogens is 829 g/mol. The molecule has 8 aliphatic carbocycles. The molecule has 0 radical (unpaired) electrons. The monoisotopic (exact) mass is 886 g/mol. The van der Waals surface area contributed by atoms with Crippen LogP contribution in [0.3, 0.4) is 0 Å². The first kappa shape index (κ1) is 44.8. The fourth-order valence-electron chi connectivity index (χ4n) is 16.0. The third-order valence-corrected chi connectivity index (χ3v) is 20.4. The number of allylic oxidation sites excluding steroid dienone is 2. The van der Waals surface area contributed by atoms with Gasteiger partial charge in [0.15, 0.2) is 29.4 Å². The van der Waals surface area contributed by atoms with Gasteiger partial charge in [0.2, 0.25) is 11.6 Å². The zero-order chi connectivity index (χ0) is 45.1. The van der Waals surface area contributed by atoms with Gasteiger partial charge < -0.3 is 44.8 Å². The molecule has 340 valence electrons. The van der Waals surface area contributed by atoms with E-state index in [9.17, 15) is 59.1 Å². The molecule has 6 saturated carbocycles. The van der Waals surface area contributed by atoms with E-state index in [0.717, 1.165) is 11.1 Å². The average molecular weight is 887 g/mol. The number of thioether (sulfide) groups is 1. The molecule has 0 aromatic heterocycles. The number of hydrogen-bond donors (Lipinski definition) is 6. The number of aliphatic hydroxyl groups is 3. The van der Waals surface area contributed by atoms with E-state index in [-0.39, 0.29) is 73.8 Å². The third-order valence-electron chi connectivity index (χ3n) is 18.4. The molecule has 0 amide bonds. The van der Waals surface area contributed by atoms with Crippen molar-refractivity contribution in [1.82, 2.24) is 0 Å². The van der Waals surface area contributed by atoms with Crippen molar-refractivity contribution >= 4 is 53.4 Å². The van der Waals surface area contributed by atoms with Crippen molar-refractivity contribution in [3.8, 4) is 0 Å². The van der Waals surface area contributed by atoms with Crippen LogP contribution in [0.25, 0.3) is 0 Å². The molecular formula is C45H58O16S. The Labute approximate surface area is 363 Å². The summed E-state index contributed by atoms with van der Waals surface area (Å²) in [5.41, 5.74) is -5.87. The lowest BCUT2D eigenvalue weighted by molar-refractivity contribution is -0.185. The van der Waals surface area contributed by atoms with Gasteiger partial charge in [0.25, 0.3) is 0 Å². The summed E-state index contributed by atoms with van der Waals surface area (Å²) in [5, 5.41) is 62.9. The summed E-state index contributed by atoms with van der Waals surface area (Å²) in [7, 11) is 0. The molecule has 8 aliphatic rings. The van der Waals surface area contributed by atoms with Crippen molar-refractivity contribution in [1.29, 1.82) is 0 Å². The second-order valence-corrected chi connectivity index (χ2v) is 21.8. The van der Waals surface area contributed by atoms with Gasteiger partial charge in [-0.1, -0.05) is 38.8 Å². The first-order valence-electron chi connectivity index (χ1n) is 21.9. The summed E-state index contributed by atoms with van der Waals surface area (Å²) >= 11 is 1.56. The number of fused-ring (bicyclic) bond motifs is 10. The zero-order valence-electron chi connectivity index (χ0n) is 35.5. The Kier molecular flexibility index (Phi) is 10.9. The number of ketones is 4. The topological polar surface area (TPSA) is 269 Å². The fraction of sp³-hybridized carbons (Fsp3) is 0.756. The highest BCUT2D eigenvalue weighted by molar-refractivity contribution is 8.00. The van der Waals surface area contributed by atoms with Crippen molar-refractivity contribution < 1.29 is 78.4 Å². The van der Waals surface area contributed by atoms with Crippen molar-refractivity contribution in [2.75, 3.05) is 13.2 Å². The van der Waals surface area contributed by atoms with Crippen LogP contribution < -0.4 is 0 Å². The molecule has 0 spiro atoms. The first-order chi connectivity index (χ1) is 29.0. The van der Waals surface area contributed by atoms with Gasteiger partial charge in [0.05, 0.1) is 12.2 Å². The van der Waals surface area contributed by atoms with Gasteiger partial charge in [-0.25, -0.2) is 14.4 Å². The second kappa shape index (κ2) is 15.2. The molecule has 0 saturated heterocycles. The minimum Gasteiger partial charge on any atom is -0.450 e. The maximum atomic E-state index is 13.8. The number of Topliss-reactive ketones (excluding diaryl/α,β-unsaturated/α-hetero) is 2. The molecule has 0 aliphatic heterocycles. The maximum absolute atomic E-state index is 13.8. The van der Waals surface area contributed by atoms with Crippen LogP contribution in [-0.2, 0) is 33.4 Å². The van der Waals surface area contributed by atoms with Crippen molar-refractivity contribution in [2.24, 2.45) is 57.2 Å². The van der Waals surface area contributed by atoms with Gasteiger partial charge in [0.1, 0.15) is 6.61 Å². The predicted molar refractivity (Wildman–Crippen MR) is 217 cm³/mol. The molecule has 16 atom stereocenters. The molecule has 6 fully saturated rings. The van der Waals surface area contributed by atoms with Crippen molar-refractivity contribution in [3.05, 3.63) is 23.3 Å². The lowest BCUT2D eigenvalue weighted by Gasteiger charge is -2.64. The summed E-state index contributed by atoms with van der Waals surface area (Å²) in [6, 6.07) is 0. The minimum atomic E-state index is -1.96. The van der Waals surface area contributed by atoms with E-state index < -0.39 is 111 Å². The Balaban J connectivity index is 1.14. The van der Waals surface area contributed by atoms with Crippen molar-refractivity contribution in [2.45, 2.75) is 139 Å². The van der Waals surface area contributed by atoms with Crippen molar-refractivity contribution in [3.63, 3.8) is 0 Å². The number of carbonyl (C=O) groups is 7. The maximum Gasteiger partial charge on any atom is 0.506 e. The molecule has 17 heteroatoms. The van der Waals surface area contributed by atoms with E-state index >= 15 is 0 Å². The average Bonchev–Trinajstić information content (AvgIpc) is 3.63. The Morgan fingerprint density at radius 2 is 1.08 bits per heavy atom. The summed E-state index contributed by atoms with van der Waals surface area (Å²) in [6.07, 6.45) is -0.480. The van der Waals surface area contributed by atoms with Gasteiger partial charge in [-0.05, 0) is 112 Å². The molecule has 6 N–H and O–H groups in total. The Hall–Kier alpha value is -3.80.